The first-order valence-corrected chi connectivity index (χ1v) is 3.09. The second-order valence-corrected chi connectivity index (χ2v) is 2.39. The minimum atomic E-state index is -0.714. The van der Waals surface area contributed by atoms with Crippen LogP contribution in [-0.2, 0) is 0 Å². The molecule has 1 nitrogen and oxygen atoms in total. The first kappa shape index (κ1) is 8.44. The van der Waals surface area contributed by atoms with Crippen molar-refractivity contribution in [2.24, 2.45) is 0 Å². The van der Waals surface area contributed by atoms with E-state index in [-0.39, 0.29) is 0 Å². The summed E-state index contributed by atoms with van der Waals surface area (Å²) < 4.78 is 0. The van der Waals surface area contributed by atoms with E-state index < -0.39 is 5.60 Å². The molecular formula is C8H14O. The van der Waals surface area contributed by atoms with Crippen LogP contribution in [0.5, 0.6) is 0 Å². The summed E-state index contributed by atoms with van der Waals surface area (Å²) in [7, 11) is 0. The van der Waals surface area contributed by atoms with Crippen LogP contribution in [0.1, 0.15) is 19.8 Å². The Bertz CT molecular complexity index is 103. The average molecular weight is 126 g/mol. The second-order valence-electron chi connectivity index (χ2n) is 2.39. The highest BCUT2D eigenvalue weighted by molar-refractivity contribution is 4.92. The van der Waals surface area contributed by atoms with Crippen molar-refractivity contribution >= 4 is 0 Å². The molecule has 0 spiro atoms. The van der Waals surface area contributed by atoms with Crippen molar-refractivity contribution in [3.05, 3.63) is 25.3 Å². The smallest absolute Gasteiger partial charge is 0.0800 e. The Morgan fingerprint density at radius 2 is 2.11 bits per heavy atom. The summed E-state index contributed by atoms with van der Waals surface area (Å²) in [6, 6.07) is 0. The maximum Gasteiger partial charge on any atom is 0.0800 e. The topological polar surface area (TPSA) is 20.2 Å². The van der Waals surface area contributed by atoms with Gasteiger partial charge >= 0.3 is 0 Å². The highest BCUT2D eigenvalue weighted by Gasteiger charge is 2.12. The summed E-state index contributed by atoms with van der Waals surface area (Å²) in [4.78, 5) is 0. The Labute approximate surface area is 56.7 Å². The Kier molecular flexibility index (Phi) is 3.25. The molecule has 9 heavy (non-hydrogen) atoms. The number of rotatable bonds is 4. The van der Waals surface area contributed by atoms with Crippen LogP contribution in [0, 0.1) is 0 Å². The van der Waals surface area contributed by atoms with E-state index in [4.69, 9.17) is 0 Å². The van der Waals surface area contributed by atoms with Gasteiger partial charge in [0.15, 0.2) is 0 Å². The average Bonchev–Trinajstić information content (AvgIpc) is 1.84. The zero-order chi connectivity index (χ0) is 7.33. The Balaban J connectivity index is 3.57. The van der Waals surface area contributed by atoms with E-state index >= 15 is 0 Å². The van der Waals surface area contributed by atoms with Gasteiger partial charge in [-0.1, -0.05) is 12.2 Å². The summed E-state index contributed by atoms with van der Waals surface area (Å²) in [5.41, 5.74) is -0.714. The molecule has 0 saturated carbocycles. The predicted molar refractivity (Wildman–Crippen MR) is 40.3 cm³/mol. The minimum absolute atomic E-state index is 0.708. The van der Waals surface area contributed by atoms with Crippen LogP contribution in [-0.4, -0.2) is 10.7 Å². The number of allylic oxidation sites excluding steroid dienone is 1. The first-order valence-electron chi connectivity index (χ1n) is 3.09. The lowest BCUT2D eigenvalue weighted by atomic mass is 10.0. The molecule has 0 aliphatic heterocycles. The number of hydrogen-bond acceptors (Lipinski definition) is 1. The summed E-state index contributed by atoms with van der Waals surface area (Å²) in [5, 5.41) is 9.29. The van der Waals surface area contributed by atoms with Crippen molar-refractivity contribution in [3.8, 4) is 0 Å². The molecule has 0 aromatic heterocycles. The van der Waals surface area contributed by atoms with E-state index in [1.165, 1.54) is 0 Å². The molecule has 52 valence electrons. The zero-order valence-electron chi connectivity index (χ0n) is 5.93. The van der Waals surface area contributed by atoms with Gasteiger partial charge in [-0.3, -0.25) is 0 Å². The molecule has 0 aliphatic rings. The SMILES string of the molecule is C=CCCC(C)(O)C=C. The molecule has 0 radical (unpaired) electrons. The van der Waals surface area contributed by atoms with Crippen LogP contribution in [0.25, 0.3) is 0 Å². The zero-order valence-corrected chi connectivity index (χ0v) is 5.93. The fourth-order valence-corrected chi connectivity index (χ4v) is 0.496. The quantitative estimate of drug-likeness (QED) is 0.570. The Morgan fingerprint density at radius 3 is 2.44 bits per heavy atom. The largest absolute Gasteiger partial charge is 0.386 e. The van der Waals surface area contributed by atoms with Gasteiger partial charge in [0.2, 0.25) is 0 Å². The fourth-order valence-electron chi connectivity index (χ4n) is 0.496. The van der Waals surface area contributed by atoms with Crippen molar-refractivity contribution in [1.29, 1.82) is 0 Å². The van der Waals surface area contributed by atoms with Gasteiger partial charge in [-0.25, -0.2) is 0 Å². The van der Waals surface area contributed by atoms with Gasteiger partial charge in [0.1, 0.15) is 0 Å². The van der Waals surface area contributed by atoms with Crippen LogP contribution in [0.15, 0.2) is 25.3 Å². The number of hydrogen-bond donors (Lipinski definition) is 1. The van der Waals surface area contributed by atoms with E-state index in [9.17, 15) is 5.11 Å². The molecule has 0 saturated heterocycles. The van der Waals surface area contributed by atoms with E-state index in [1.807, 2.05) is 0 Å². The normalized spacial score (nSPS) is 16.2. The molecule has 0 bridgehead atoms. The van der Waals surface area contributed by atoms with Crippen molar-refractivity contribution in [2.45, 2.75) is 25.4 Å². The van der Waals surface area contributed by atoms with Crippen molar-refractivity contribution in [3.63, 3.8) is 0 Å². The molecular weight excluding hydrogens is 112 g/mol. The van der Waals surface area contributed by atoms with Gasteiger partial charge in [-0.05, 0) is 19.8 Å². The lowest BCUT2D eigenvalue weighted by molar-refractivity contribution is 0.103. The van der Waals surface area contributed by atoms with E-state index in [1.54, 1.807) is 19.1 Å². The molecule has 0 aromatic rings. The maximum absolute atomic E-state index is 9.29. The third-order valence-corrected chi connectivity index (χ3v) is 1.29. The summed E-state index contributed by atoms with van der Waals surface area (Å²) >= 11 is 0. The molecule has 0 amide bonds. The Morgan fingerprint density at radius 1 is 1.56 bits per heavy atom. The van der Waals surface area contributed by atoms with Crippen molar-refractivity contribution < 1.29 is 5.11 Å². The molecule has 0 heterocycles. The molecule has 0 aliphatic carbocycles. The van der Waals surface area contributed by atoms with Crippen LogP contribution in [0.4, 0.5) is 0 Å². The van der Waals surface area contributed by atoms with Crippen LogP contribution in [0.2, 0.25) is 0 Å². The molecule has 1 N–H and O–H groups in total. The van der Waals surface area contributed by atoms with Gasteiger partial charge < -0.3 is 5.11 Å². The second kappa shape index (κ2) is 3.46. The minimum Gasteiger partial charge on any atom is -0.386 e. The lowest BCUT2D eigenvalue weighted by Crippen LogP contribution is -2.19. The highest BCUT2D eigenvalue weighted by Crippen LogP contribution is 2.12. The first-order chi connectivity index (χ1) is 4.12. The predicted octanol–water partition coefficient (Wildman–Crippen LogP) is 1.89. The fraction of sp³-hybridized carbons (Fsp3) is 0.500. The summed E-state index contributed by atoms with van der Waals surface area (Å²) in [5.74, 6) is 0. The van der Waals surface area contributed by atoms with Crippen LogP contribution < -0.4 is 0 Å². The number of aliphatic hydroxyl groups is 1. The van der Waals surface area contributed by atoms with E-state index in [0.717, 1.165) is 6.42 Å². The third kappa shape index (κ3) is 3.98. The van der Waals surface area contributed by atoms with Gasteiger partial charge in [0, 0.05) is 0 Å². The van der Waals surface area contributed by atoms with Crippen molar-refractivity contribution in [2.75, 3.05) is 0 Å². The molecule has 0 fully saturated rings. The maximum atomic E-state index is 9.29. The molecule has 0 aromatic carbocycles. The van der Waals surface area contributed by atoms with E-state index in [2.05, 4.69) is 13.2 Å². The van der Waals surface area contributed by atoms with E-state index in [0.29, 0.717) is 6.42 Å². The molecule has 0 rings (SSSR count). The standard InChI is InChI=1S/C8H14O/c1-4-6-7-8(3,9)5-2/h4-5,9H,1-2,6-7H2,3H3. The molecule has 1 heteroatoms. The van der Waals surface area contributed by atoms with Gasteiger partial charge in [0.25, 0.3) is 0 Å². The molecule has 1 atom stereocenters. The monoisotopic (exact) mass is 126 g/mol. The van der Waals surface area contributed by atoms with Gasteiger partial charge in [-0.15, -0.1) is 13.2 Å². The third-order valence-electron chi connectivity index (χ3n) is 1.29. The highest BCUT2D eigenvalue weighted by atomic mass is 16.3. The van der Waals surface area contributed by atoms with Gasteiger partial charge in [-0.2, -0.15) is 0 Å². The Hall–Kier alpha value is -0.560. The summed E-state index contributed by atoms with van der Waals surface area (Å²) in [6.07, 6.45) is 4.88. The summed E-state index contributed by atoms with van der Waals surface area (Å²) in [6.45, 7) is 8.79. The molecule has 1 unspecified atom stereocenters. The van der Waals surface area contributed by atoms with Crippen molar-refractivity contribution in [1.82, 2.24) is 0 Å². The van der Waals surface area contributed by atoms with Crippen LogP contribution >= 0.6 is 0 Å². The van der Waals surface area contributed by atoms with Gasteiger partial charge in [0.05, 0.1) is 5.60 Å². The van der Waals surface area contributed by atoms with Crippen LogP contribution in [0.3, 0.4) is 0 Å². The lowest BCUT2D eigenvalue weighted by Gasteiger charge is -2.16.